The van der Waals surface area contributed by atoms with Gasteiger partial charge >= 0.3 is 6.09 Å². The van der Waals surface area contributed by atoms with Crippen LogP contribution < -0.4 is 16.4 Å². The molecule has 1 aromatic heterocycles. The highest BCUT2D eigenvalue weighted by Gasteiger charge is 2.15. The van der Waals surface area contributed by atoms with Crippen LogP contribution in [0.25, 0.3) is 10.9 Å². The van der Waals surface area contributed by atoms with Crippen molar-refractivity contribution in [2.75, 3.05) is 24.1 Å². The average Bonchev–Trinajstić information content (AvgIpc) is 2.40. The molecule has 23 heavy (non-hydrogen) atoms. The summed E-state index contributed by atoms with van der Waals surface area (Å²) in [5.74, 6) is 0.443. The number of amides is 1. The highest BCUT2D eigenvalue weighted by atomic mass is 79.9. The molecule has 6 nitrogen and oxygen atoms in total. The number of halogens is 1. The monoisotopic (exact) mass is 380 g/mol. The van der Waals surface area contributed by atoms with Crippen LogP contribution in [0.4, 0.5) is 16.3 Å². The van der Waals surface area contributed by atoms with Crippen molar-refractivity contribution in [3.8, 4) is 0 Å². The Hall–Kier alpha value is -2.02. The van der Waals surface area contributed by atoms with Gasteiger partial charge in [-0.1, -0.05) is 15.9 Å². The molecule has 0 saturated carbocycles. The molecule has 0 atom stereocenters. The molecule has 1 amide bonds. The standard InChI is InChI=1S/C16H21BrN4O2/c1-16(2,3)23-15(22)20-7-6-19-12-9-14(18)21-13-8-10(17)4-5-11(12)13/h4-5,8-9H,6-7H2,1-3H3,(H,20,22)(H3,18,19,21). The topological polar surface area (TPSA) is 89.3 Å². The van der Waals surface area contributed by atoms with Gasteiger partial charge in [-0.15, -0.1) is 0 Å². The Morgan fingerprint density at radius 3 is 2.74 bits per heavy atom. The zero-order valence-electron chi connectivity index (χ0n) is 13.4. The molecular formula is C16H21BrN4O2. The Morgan fingerprint density at radius 2 is 2.04 bits per heavy atom. The zero-order chi connectivity index (χ0) is 17.0. The second kappa shape index (κ2) is 7.04. The molecule has 0 fully saturated rings. The van der Waals surface area contributed by atoms with Crippen molar-refractivity contribution in [3.63, 3.8) is 0 Å². The first kappa shape index (κ1) is 17.3. The molecule has 0 unspecified atom stereocenters. The second-order valence-electron chi connectivity index (χ2n) is 6.11. The van der Waals surface area contributed by atoms with Crippen LogP contribution in [0.2, 0.25) is 0 Å². The van der Waals surface area contributed by atoms with E-state index >= 15 is 0 Å². The highest BCUT2D eigenvalue weighted by molar-refractivity contribution is 9.10. The predicted octanol–water partition coefficient (Wildman–Crippen LogP) is 3.52. The molecular weight excluding hydrogens is 360 g/mol. The van der Waals surface area contributed by atoms with Crippen molar-refractivity contribution in [1.82, 2.24) is 10.3 Å². The average molecular weight is 381 g/mol. The van der Waals surface area contributed by atoms with E-state index in [1.54, 1.807) is 6.07 Å². The summed E-state index contributed by atoms with van der Waals surface area (Å²) in [5.41, 5.74) is 7.03. The van der Waals surface area contributed by atoms with Gasteiger partial charge in [0.1, 0.15) is 11.4 Å². The maximum atomic E-state index is 11.6. The number of anilines is 2. The van der Waals surface area contributed by atoms with E-state index < -0.39 is 11.7 Å². The van der Waals surface area contributed by atoms with Crippen LogP contribution >= 0.6 is 15.9 Å². The second-order valence-corrected chi connectivity index (χ2v) is 7.03. The molecule has 1 aromatic carbocycles. The van der Waals surface area contributed by atoms with Crippen molar-refractivity contribution in [1.29, 1.82) is 0 Å². The summed E-state index contributed by atoms with van der Waals surface area (Å²) in [5, 5.41) is 6.94. The third kappa shape index (κ3) is 5.28. The van der Waals surface area contributed by atoms with Crippen LogP contribution in [0.5, 0.6) is 0 Å². The van der Waals surface area contributed by atoms with Gasteiger partial charge < -0.3 is 21.1 Å². The molecule has 7 heteroatoms. The molecule has 0 saturated heterocycles. The Kier molecular flexibility index (Phi) is 5.30. The summed E-state index contributed by atoms with van der Waals surface area (Å²) in [4.78, 5) is 15.9. The summed E-state index contributed by atoms with van der Waals surface area (Å²) >= 11 is 3.42. The van der Waals surface area contributed by atoms with E-state index in [1.807, 2.05) is 39.0 Å². The number of nitrogens with two attached hydrogens (primary N) is 1. The van der Waals surface area contributed by atoms with E-state index in [-0.39, 0.29) is 0 Å². The number of ether oxygens (including phenoxy) is 1. The number of nitrogens with one attached hydrogen (secondary N) is 2. The predicted molar refractivity (Wildman–Crippen MR) is 96.6 cm³/mol. The van der Waals surface area contributed by atoms with Crippen molar-refractivity contribution < 1.29 is 9.53 Å². The first-order valence-corrected chi connectivity index (χ1v) is 8.10. The quantitative estimate of drug-likeness (QED) is 0.706. The molecule has 1 heterocycles. The number of carbonyl (C=O) groups excluding carboxylic acids is 1. The van der Waals surface area contributed by atoms with Gasteiger partial charge in [-0.05, 0) is 39.0 Å². The summed E-state index contributed by atoms with van der Waals surface area (Å²) in [6, 6.07) is 7.61. The van der Waals surface area contributed by atoms with E-state index in [0.29, 0.717) is 18.9 Å². The SMILES string of the molecule is CC(C)(C)OC(=O)NCCNc1cc(N)nc2cc(Br)ccc12. The van der Waals surface area contributed by atoms with Crippen molar-refractivity contribution in [2.45, 2.75) is 26.4 Å². The number of fused-ring (bicyclic) bond motifs is 1. The lowest BCUT2D eigenvalue weighted by atomic mass is 10.2. The number of rotatable bonds is 4. The number of hydrogen-bond acceptors (Lipinski definition) is 5. The van der Waals surface area contributed by atoms with Gasteiger partial charge in [0.15, 0.2) is 0 Å². The molecule has 4 N–H and O–H groups in total. The number of benzene rings is 1. The van der Waals surface area contributed by atoms with Crippen LogP contribution in [-0.2, 0) is 4.74 Å². The normalized spacial score (nSPS) is 11.3. The Morgan fingerprint density at radius 1 is 1.30 bits per heavy atom. The number of nitrogens with zero attached hydrogens (tertiary/aromatic N) is 1. The number of pyridine rings is 1. The molecule has 0 aliphatic carbocycles. The molecule has 2 aromatic rings. The minimum atomic E-state index is -0.499. The summed E-state index contributed by atoms with van der Waals surface area (Å²) in [6.45, 7) is 6.47. The summed E-state index contributed by atoms with van der Waals surface area (Å²) in [7, 11) is 0. The first-order valence-electron chi connectivity index (χ1n) is 7.31. The van der Waals surface area contributed by atoms with Crippen LogP contribution in [0.15, 0.2) is 28.7 Å². The third-order valence-electron chi connectivity index (χ3n) is 2.90. The van der Waals surface area contributed by atoms with Crippen molar-refractivity contribution in [2.24, 2.45) is 0 Å². The van der Waals surface area contributed by atoms with Gasteiger partial charge in [0.25, 0.3) is 0 Å². The van der Waals surface area contributed by atoms with Crippen LogP contribution in [0.1, 0.15) is 20.8 Å². The number of carbonyl (C=O) groups is 1. The van der Waals surface area contributed by atoms with E-state index in [9.17, 15) is 4.79 Å². The zero-order valence-corrected chi connectivity index (χ0v) is 15.0. The Bertz CT molecular complexity index is 708. The number of aromatic nitrogens is 1. The minimum Gasteiger partial charge on any atom is -0.444 e. The fourth-order valence-electron chi connectivity index (χ4n) is 2.04. The molecule has 124 valence electrons. The van der Waals surface area contributed by atoms with Crippen molar-refractivity contribution in [3.05, 3.63) is 28.7 Å². The summed E-state index contributed by atoms with van der Waals surface area (Å²) in [6.07, 6.45) is -0.428. The Balaban J connectivity index is 1.96. The number of alkyl carbamates (subject to hydrolysis) is 1. The lowest BCUT2D eigenvalue weighted by Crippen LogP contribution is -2.35. The molecule has 0 spiro atoms. The minimum absolute atomic E-state index is 0.428. The fraction of sp³-hybridized carbons (Fsp3) is 0.375. The molecule has 0 bridgehead atoms. The van der Waals surface area contributed by atoms with Crippen LogP contribution in [0, 0.1) is 0 Å². The van der Waals surface area contributed by atoms with E-state index in [2.05, 4.69) is 31.5 Å². The van der Waals surface area contributed by atoms with E-state index in [1.165, 1.54) is 0 Å². The first-order chi connectivity index (χ1) is 10.7. The number of nitrogen functional groups attached to an aromatic ring is 1. The highest BCUT2D eigenvalue weighted by Crippen LogP contribution is 2.26. The molecule has 2 rings (SSSR count). The third-order valence-corrected chi connectivity index (χ3v) is 3.39. The molecule has 0 radical (unpaired) electrons. The summed E-state index contributed by atoms with van der Waals surface area (Å²) < 4.78 is 6.12. The van der Waals surface area contributed by atoms with Gasteiger partial charge in [-0.3, -0.25) is 0 Å². The maximum Gasteiger partial charge on any atom is 0.407 e. The Labute approximate surface area is 143 Å². The molecule has 0 aliphatic rings. The van der Waals surface area contributed by atoms with Crippen LogP contribution in [-0.4, -0.2) is 29.8 Å². The van der Waals surface area contributed by atoms with Gasteiger partial charge in [0, 0.05) is 34.7 Å². The lowest BCUT2D eigenvalue weighted by molar-refractivity contribution is 0.0530. The van der Waals surface area contributed by atoms with Gasteiger partial charge in [0.2, 0.25) is 0 Å². The maximum absolute atomic E-state index is 11.6. The van der Waals surface area contributed by atoms with Gasteiger partial charge in [-0.25, -0.2) is 9.78 Å². The van der Waals surface area contributed by atoms with Gasteiger partial charge in [0.05, 0.1) is 5.52 Å². The lowest BCUT2D eigenvalue weighted by Gasteiger charge is -2.19. The largest absolute Gasteiger partial charge is 0.444 e. The van der Waals surface area contributed by atoms with E-state index in [0.717, 1.165) is 21.1 Å². The molecule has 0 aliphatic heterocycles. The van der Waals surface area contributed by atoms with Gasteiger partial charge in [-0.2, -0.15) is 0 Å². The van der Waals surface area contributed by atoms with E-state index in [4.69, 9.17) is 10.5 Å². The fourth-order valence-corrected chi connectivity index (χ4v) is 2.39. The smallest absolute Gasteiger partial charge is 0.407 e. The van der Waals surface area contributed by atoms with Crippen molar-refractivity contribution >= 4 is 44.4 Å². The number of hydrogen-bond donors (Lipinski definition) is 3. The van der Waals surface area contributed by atoms with Crippen LogP contribution in [0.3, 0.4) is 0 Å².